The van der Waals surface area contributed by atoms with Gasteiger partial charge in [0.15, 0.2) is 0 Å². The molecule has 0 aliphatic carbocycles. The van der Waals surface area contributed by atoms with Crippen LogP contribution in [-0.2, 0) is 16.1 Å². The summed E-state index contributed by atoms with van der Waals surface area (Å²) in [6.45, 7) is 3.12. The highest BCUT2D eigenvalue weighted by Crippen LogP contribution is 2.23. The van der Waals surface area contributed by atoms with Gasteiger partial charge < -0.3 is 19.7 Å². The molecule has 1 aromatic rings. The lowest BCUT2D eigenvalue weighted by Gasteiger charge is -2.32. The Balaban J connectivity index is 2.00. The van der Waals surface area contributed by atoms with Gasteiger partial charge in [-0.25, -0.2) is 0 Å². The lowest BCUT2D eigenvalue weighted by Crippen LogP contribution is -2.55. The van der Waals surface area contributed by atoms with Crippen LogP contribution in [0.4, 0.5) is 13.2 Å². The lowest BCUT2D eigenvalue weighted by atomic mass is 10.1. The number of hydrogen-bond acceptors (Lipinski definition) is 4. The van der Waals surface area contributed by atoms with Gasteiger partial charge in [0.1, 0.15) is 11.8 Å². The molecule has 1 saturated heterocycles. The zero-order chi connectivity index (χ0) is 17.0. The fourth-order valence-corrected chi connectivity index (χ4v) is 2.44. The normalized spacial score (nSPS) is 21.8. The highest BCUT2D eigenvalue weighted by molar-refractivity contribution is 5.82. The maximum absolute atomic E-state index is 12.4. The number of carbonyl (C=O) groups is 1. The van der Waals surface area contributed by atoms with E-state index in [-0.39, 0.29) is 24.3 Å². The molecule has 1 N–H and O–H groups in total. The molecule has 1 heterocycles. The van der Waals surface area contributed by atoms with Gasteiger partial charge in [0.2, 0.25) is 5.91 Å². The van der Waals surface area contributed by atoms with E-state index in [9.17, 15) is 18.0 Å². The third-order valence-corrected chi connectivity index (χ3v) is 3.51. The van der Waals surface area contributed by atoms with Crippen molar-refractivity contribution in [3.8, 4) is 5.75 Å². The van der Waals surface area contributed by atoms with Crippen molar-refractivity contribution in [2.24, 2.45) is 0 Å². The second-order valence-electron chi connectivity index (χ2n) is 5.40. The van der Waals surface area contributed by atoms with Crippen molar-refractivity contribution < 1.29 is 27.4 Å². The van der Waals surface area contributed by atoms with E-state index in [1.165, 1.54) is 23.1 Å². The van der Waals surface area contributed by atoms with Crippen molar-refractivity contribution in [2.75, 3.05) is 20.2 Å². The van der Waals surface area contributed by atoms with Crippen LogP contribution in [0.3, 0.4) is 0 Å². The van der Waals surface area contributed by atoms with Gasteiger partial charge in [0.05, 0.1) is 12.7 Å². The van der Waals surface area contributed by atoms with Crippen LogP contribution in [-0.4, -0.2) is 49.5 Å². The van der Waals surface area contributed by atoms with Crippen LogP contribution < -0.4 is 10.1 Å². The Kier molecular flexibility index (Phi) is 5.48. The number of morpholine rings is 1. The zero-order valence-corrected chi connectivity index (χ0v) is 12.9. The molecule has 1 aromatic carbocycles. The Hall–Kier alpha value is -1.80. The van der Waals surface area contributed by atoms with Crippen molar-refractivity contribution in [2.45, 2.75) is 32.0 Å². The molecule has 8 heteroatoms. The average molecular weight is 332 g/mol. The van der Waals surface area contributed by atoms with E-state index in [0.29, 0.717) is 18.7 Å². The van der Waals surface area contributed by atoms with Crippen molar-refractivity contribution in [3.63, 3.8) is 0 Å². The molecule has 128 valence electrons. The van der Waals surface area contributed by atoms with Gasteiger partial charge in [-0.15, -0.1) is 13.2 Å². The first kappa shape index (κ1) is 17.6. The Morgan fingerprint density at radius 1 is 1.48 bits per heavy atom. The molecule has 0 spiro atoms. The molecule has 1 aliphatic rings. The van der Waals surface area contributed by atoms with Crippen molar-refractivity contribution in [1.82, 2.24) is 10.2 Å². The molecule has 5 nitrogen and oxygen atoms in total. The van der Waals surface area contributed by atoms with Gasteiger partial charge in [-0.05, 0) is 24.6 Å². The summed E-state index contributed by atoms with van der Waals surface area (Å²) in [5, 5.41) is 3.09. The minimum atomic E-state index is -4.74. The van der Waals surface area contributed by atoms with E-state index in [1.807, 2.05) is 0 Å². The summed E-state index contributed by atoms with van der Waals surface area (Å²) in [5.74, 6) is -0.470. The number of carbonyl (C=O) groups excluding carboxylic acids is 1. The quantitative estimate of drug-likeness (QED) is 0.915. The van der Waals surface area contributed by atoms with Crippen molar-refractivity contribution in [1.29, 1.82) is 0 Å². The fraction of sp³-hybridized carbons (Fsp3) is 0.533. The van der Waals surface area contributed by atoms with Gasteiger partial charge >= 0.3 is 6.36 Å². The molecule has 1 aliphatic heterocycles. The third kappa shape index (κ3) is 5.11. The molecule has 2 rings (SSSR count). The van der Waals surface area contributed by atoms with E-state index < -0.39 is 12.4 Å². The highest BCUT2D eigenvalue weighted by atomic mass is 19.4. The molecule has 0 bridgehead atoms. The van der Waals surface area contributed by atoms with Crippen LogP contribution >= 0.6 is 0 Å². The maximum Gasteiger partial charge on any atom is 0.573 e. The number of ether oxygens (including phenoxy) is 2. The number of halogens is 3. The summed E-state index contributed by atoms with van der Waals surface area (Å²) in [4.78, 5) is 13.9. The molecular formula is C15H19F3N2O3. The summed E-state index contributed by atoms with van der Waals surface area (Å²) in [5.41, 5.74) is 0.548. The summed E-state index contributed by atoms with van der Waals surface area (Å²) in [6, 6.07) is 5.13. The SMILES string of the molecule is C[C@H]1OCCN[C@@H]1C(=O)N(C)Cc1cccc(OC(F)(F)F)c1. The number of benzene rings is 1. The molecule has 23 heavy (non-hydrogen) atoms. The van der Waals surface area contributed by atoms with E-state index in [2.05, 4.69) is 10.1 Å². The van der Waals surface area contributed by atoms with Crippen LogP contribution in [0, 0.1) is 0 Å². The molecule has 0 radical (unpaired) electrons. The number of rotatable bonds is 4. The van der Waals surface area contributed by atoms with Gasteiger partial charge in [-0.2, -0.15) is 0 Å². The molecule has 0 saturated carbocycles. The number of amides is 1. The third-order valence-electron chi connectivity index (χ3n) is 3.51. The smallest absolute Gasteiger partial charge is 0.406 e. The van der Waals surface area contributed by atoms with Crippen LogP contribution in [0.5, 0.6) is 5.75 Å². The van der Waals surface area contributed by atoms with Crippen LogP contribution in [0.2, 0.25) is 0 Å². The predicted molar refractivity (Wildman–Crippen MR) is 76.8 cm³/mol. The zero-order valence-electron chi connectivity index (χ0n) is 12.9. The van der Waals surface area contributed by atoms with Gasteiger partial charge in [0, 0.05) is 20.1 Å². The molecule has 1 amide bonds. The number of likely N-dealkylation sites (N-methyl/N-ethyl adjacent to an activating group) is 1. The number of nitrogens with one attached hydrogen (secondary N) is 1. The number of alkyl halides is 3. The first-order chi connectivity index (χ1) is 10.8. The van der Waals surface area contributed by atoms with Crippen LogP contribution in [0.25, 0.3) is 0 Å². The number of nitrogens with zero attached hydrogens (tertiary/aromatic N) is 1. The van der Waals surface area contributed by atoms with Crippen molar-refractivity contribution in [3.05, 3.63) is 29.8 Å². The highest BCUT2D eigenvalue weighted by Gasteiger charge is 2.32. The summed E-state index contributed by atoms with van der Waals surface area (Å²) < 4.78 is 46.0. The molecule has 0 aromatic heterocycles. The molecule has 1 fully saturated rings. The van der Waals surface area contributed by atoms with E-state index >= 15 is 0 Å². The first-order valence-corrected chi connectivity index (χ1v) is 7.21. The van der Waals surface area contributed by atoms with E-state index in [0.717, 1.165) is 0 Å². The van der Waals surface area contributed by atoms with Crippen LogP contribution in [0.1, 0.15) is 12.5 Å². The fourth-order valence-electron chi connectivity index (χ4n) is 2.44. The summed E-state index contributed by atoms with van der Waals surface area (Å²) >= 11 is 0. The second-order valence-corrected chi connectivity index (χ2v) is 5.40. The predicted octanol–water partition coefficient (Wildman–Crippen LogP) is 1.92. The minimum Gasteiger partial charge on any atom is -0.406 e. The molecular weight excluding hydrogens is 313 g/mol. The Bertz CT molecular complexity index is 551. The largest absolute Gasteiger partial charge is 0.573 e. The average Bonchev–Trinajstić information content (AvgIpc) is 2.45. The topological polar surface area (TPSA) is 50.8 Å². The summed E-state index contributed by atoms with van der Waals surface area (Å²) in [7, 11) is 1.60. The van der Waals surface area contributed by atoms with Gasteiger partial charge in [-0.3, -0.25) is 4.79 Å². The minimum absolute atomic E-state index is 0.167. The van der Waals surface area contributed by atoms with Crippen molar-refractivity contribution >= 4 is 5.91 Å². The van der Waals surface area contributed by atoms with E-state index in [4.69, 9.17) is 4.74 Å². The molecule has 2 atom stereocenters. The standard InChI is InChI=1S/C15H19F3N2O3/c1-10-13(19-6-7-22-10)14(21)20(2)9-11-4-3-5-12(8-11)23-15(16,17)18/h3-5,8,10,13,19H,6-7,9H2,1-2H3/t10-,13+/m1/s1. The lowest BCUT2D eigenvalue weighted by molar-refractivity contribution is -0.274. The Labute approximate surface area is 132 Å². The maximum atomic E-state index is 12.4. The van der Waals surface area contributed by atoms with Gasteiger partial charge in [-0.1, -0.05) is 12.1 Å². The Morgan fingerprint density at radius 2 is 2.22 bits per heavy atom. The monoisotopic (exact) mass is 332 g/mol. The van der Waals surface area contributed by atoms with Crippen LogP contribution in [0.15, 0.2) is 24.3 Å². The summed E-state index contributed by atoms with van der Waals surface area (Å²) in [6.07, 6.45) is -4.99. The second kappa shape index (κ2) is 7.18. The Morgan fingerprint density at radius 3 is 2.87 bits per heavy atom. The van der Waals surface area contributed by atoms with Gasteiger partial charge in [0.25, 0.3) is 0 Å². The first-order valence-electron chi connectivity index (χ1n) is 7.21. The number of hydrogen-bond donors (Lipinski definition) is 1. The van der Waals surface area contributed by atoms with E-state index in [1.54, 1.807) is 20.0 Å². The molecule has 0 unspecified atom stereocenters.